The second-order valence-corrected chi connectivity index (χ2v) is 15.8. The predicted molar refractivity (Wildman–Crippen MR) is 148 cm³/mol. The molecule has 0 spiro atoms. The molecule has 0 aliphatic carbocycles. The van der Waals surface area contributed by atoms with E-state index in [1.54, 1.807) is 12.1 Å². The van der Waals surface area contributed by atoms with Crippen molar-refractivity contribution in [1.82, 2.24) is 0 Å². The van der Waals surface area contributed by atoms with Crippen LogP contribution in [0.15, 0.2) is 24.3 Å². The highest BCUT2D eigenvalue weighted by atomic mass is 28.3. The SMILES string of the molecule is CCCCCCCCCCCCCCCCCCOC(=O)OOOC(=O)c1ccc([Si](C)(C)C)cc1. The maximum atomic E-state index is 11.9. The molecule has 0 aliphatic rings. The largest absolute Gasteiger partial charge is 0.543 e. The van der Waals surface area contributed by atoms with Crippen LogP contribution in [0.1, 0.15) is 120 Å². The summed E-state index contributed by atoms with van der Waals surface area (Å²) in [5.41, 5.74) is 0.321. The van der Waals surface area contributed by atoms with Gasteiger partial charge in [0.15, 0.2) is 0 Å². The van der Waals surface area contributed by atoms with Gasteiger partial charge < -0.3 is 4.74 Å². The number of hydrogen-bond acceptors (Lipinski definition) is 6. The number of rotatable bonds is 21. The highest BCUT2D eigenvalue weighted by molar-refractivity contribution is 6.88. The Bertz CT molecular complexity index is 699. The molecule has 0 bridgehead atoms. The van der Waals surface area contributed by atoms with Gasteiger partial charge in [0.05, 0.1) is 25.3 Å². The zero-order valence-electron chi connectivity index (χ0n) is 23.3. The van der Waals surface area contributed by atoms with Gasteiger partial charge in [-0.25, -0.2) is 14.5 Å². The zero-order chi connectivity index (χ0) is 26.5. The number of carbonyl (C=O) groups is 2. The van der Waals surface area contributed by atoms with Gasteiger partial charge in [0.1, 0.15) is 0 Å². The van der Waals surface area contributed by atoms with Crippen molar-refractivity contribution in [3.63, 3.8) is 0 Å². The van der Waals surface area contributed by atoms with Gasteiger partial charge in [-0.3, -0.25) is 4.89 Å². The fourth-order valence-electron chi connectivity index (χ4n) is 4.06. The van der Waals surface area contributed by atoms with E-state index in [0.29, 0.717) is 5.56 Å². The Kier molecular flexibility index (Phi) is 18.1. The molecule has 36 heavy (non-hydrogen) atoms. The van der Waals surface area contributed by atoms with Crippen molar-refractivity contribution in [2.24, 2.45) is 0 Å². The highest BCUT2D eigenvalue weighted by Crippen LogP contribution is 2.14. The molecule has 1 aromatic carbocycles. The van der Waals surface area contributed by atoms with Crippen molar-refractivity contribution in [3.8, 4) is 0 Å². The van der Waals surface area contributed by atoms with Gasteiger partial charge in [0.25, 0.3) is 0 Å². The summed E-state index contributed by atoms with van der Waals surface area (Å²) in [4.78, 5) is 32.3. The lowest BCUT2D eigenvalue weighted by molar-refractivity contribution is -0.452. The van der Waals surface area contributed by atoms with E-state index in [4.69, 9.17) is 4.74 Å². The summed E-state index contributed by atoms with van der Waals surface area (Å²) in [5, 5.41) is 5.51. The quantitative estimate of drug-likeness (QED) is 0.0529. The molecule has 0 saturated carbocycles. The highest BCUT2D eigenvalue weighted by Gasteiger charge is 2.18. The fraction of sp³-hybridized carbons (Fsp3) is 0.724. The molecule has 6 nitrogen and oxygen atoms in total. The molecule has 1 rings (SSSR count). The van der Waals surface area contributed by atoms with E-state index in [1.165, 1.54) is 88.7 Å². The summed E-state index contributed by atoms with van der Waals surface area (Å²) in [6, 6.07) is 7.18. The van der Waals surface area contributed by atoms with E-state index in [2.05, 4.69) is 41.4 Å². The molecule has 0 radical (unpaired) electrons. The molecule has 0 aromatic heterocycles. The first-order chi connectivity index (χ1) is 17.3. The number of carbonyl (C=O) groups excluding carboxylic acids is 2. The number of unbranched alkanes of at least 4 members (excludes halogenated alkanes) is 15. The average molecular weight is 523 g/mol. The van der Waals surface area contributed by atoms with E-state index in [9.17, 15) is 9.59 Å². The van der Waals surface area contributed by atoms with Gasteiger partial charge in [-0.05, 0) is 18.6 Å². The van der Waals surface area contributed by atoms with E-state index in [0.717, 1.165) is 19.3 Å². The smallest absolute Gasteiger partial charge is 0.432 e. The first-order valence-electron chi connectivity index (χ1n) is 14.2. The second kappa shape index (κ2) is 20.2. The fourth-order valence-corrected chi connectivity index (χ4v) is 5.23. The third kappa shape index (κ3) is 16.7. The lowest BCUT2D eigenvalue weighted by Gasteiger charge is -2.16. The molecule has 0 aliphatic heterocycles. The zero-order valence-corrected chi connectivity index (χ0v) is 24.3. The van der Waals surface area contributed by atoms with Gasteiger partial charge in [-0.1, -0.05) is 140 Å². The van der Waals surface area contributed by atoms with Crippen molar-refractivity contribution in [3.05, 3.63) is 29.8 Å². The minimum absolute atomic E-state index is 0.257. The van der Waals surface area contributed by atoms with Crippen LogP contribution in [0.3, 0.4) is 0 Å². The van der Waals surface area contributed by atoms with E-state index < -0.39 is 20.2 Å². The predicted octanol–water partition coefficient (Wildman–Crippen LogP) is 8.65. The normalized spacial score (nSPS) is 11.3. The lowest BCUT2D eigenvalue weighted by atomic mass is 10.0. The summed E-state index contributed by atoms with van der Waals surface area (Å²) in [5.74, 6) is -0.734. The standard InChI is InChI=1S/C29H50O6Si/c1-5-6-7-8-9-10-11-12-13-14-15-16-17-18-19-20-25-32-29(31)34-35-33-28(30)26-21-23-27(24-22-26)36(2,3)4/h21-24H,5-20,25H2,1-4H3. The van der Waals surface area contributed by atoms with Crippen LogP contribution in [0.2, 0.25) is 19.6 Å². The molecule has 0 N–H and O–H groups in total. The van der Waals surface area contributed by atoms with E-state index >= 15 is 0 Å². The molecule has 0 saturated heterocycles. The molecular formula is C29H50O6Si. The minimum atomic E-state index is -1.44. The molecule has 0 heterocycles. The van der Waals surface area contributed by atoms with Gasteiger partial charge in [-0.2, -0.15) is 0 Å². The van der Waals surface area contributed by atoms with Crippen LogP contribution >= 0.6 is 0 Å². The summed E-state index contributed by atoms with van der Waals surface area (Å²) >= 11 is 0. The van der Waals surface area contributed by atoms with Crippen molar-refractivity contribution >= 4 is 25.4 Å². The molecule has 0 atom stereocenters. The molecular weight excluding hydrogens is 472 g/mol. The van der Waals surface area contributed by atoms with Crippen LogP contribution < -0.4 is 5.19 Å². The Morgan fingerprint density at radius 1 is 0.639 bits per heavy atom. The first kappa shape index (κ1) is 32.2. The van der Waals surface area contributed by atoms with Crippen LogP contribution in [-0.2, 0) is 19.6 Å². The Morgan fingerprint density at radius 3 is 1.53 bits per heavy atom. The molecule has 7 heteroatoms. The molecule has 0 fully saturated rings. The Hall–Kier alpha value is -1.86. The van der Waals surface area contributed by atoms with Gasteiger partial charge in [0, 0.05) is 0 Å². The average Bonchev–Trinajstić information content (AvgIpc) is 2.85. The van der Waals surface area contributed by atoms with Gasteiger partial charge in [0.2, 0.25) is 0 Å². The molecule has 0 amide bonds. The van der Waals surface area contributed by atoms with Gasteiger partial charge in [-0.15, -0.1) is 0 Å². The van der Waals surface area contributed by atoms with Crippen LogP contribution in [0.25, 0.3) is 0 Å². The maximum absolute atomic E-state index is 11.9. The van der Waals surface area contributed by atoms with E-state index in [1.807, 2.05) is 12.1 Å². The molecule has 206 valence electrons. The number of ether oxygens (including phenoxy) is 1. The first-order valence-corrected chi connectivity index (χ1v) is 17.7. The van der Waals surface area contributed by atoms with Crippen LogP contribution in [0, 0.1) is 0 Å². The topological polar surface area (TPSA) is 71.1 Å². The van der Waals surface area contributed by atoms with Gasteiger partial charge >= 0.3 is 12.1 Å². The van der Waals surface area contributed by atoms with Crippen LogP contribution in [-0.4, -0.2) is 26.8 Å². The second-order valence-electron chi connectivity index (χ2n) is 10.8. The van der Waals surface area contributed by atoms with Crippen molar-refractivity contribution in [1.29, 1.82) is 0 Å². The third-order valence-electron chi connectivity index (χ3n) is 6.42. The van der Waals surface area contributed by atoms with Crippen LogP contribution in [0.5, 0.6) is 0 Å². The Morgan fingerprint density at radius 2 is 1.08 bits per heavy atom. The number of hydrogen-bond donors (Lipinski definition) is 0. The maximum Gasteiger partial charge on any atom is 0.543 e. The monoisotopic (exact) mass is 522 g/mol. The Labute approximate surface area is 220 Å². The molecule has 1 aromatic rings. The number of benzene rings is 1. The summed E-state index contributed by atoms with van der Waals surface area (Å²) in [6.07, 6.45) is 19.6. The van der Waals surface area contributed by atoms with Crippen molar-refractivity contribution in [2.45, 2.75) is 129 Å². The molecule has 0 unspecified atom stereocenters. The van der Waals surface area contributed by atoms with Crippen molar-refractivity contribution < 1.29 is 29.1 Å². The Balaban J connectivity index is 1.89. The summed E-state index contributed by atoms with van der Waals surface area (Å²) < 4.78 is 4.93. The lowest BCUT2D eigenvalue weighted by Crippen LogP contribution is -2.37. The van der Waals surface area contributed by atoms with E-state index in [-0.39, 0.29) is 6.61 Å². The third-order valence-corrected chi connectivity index (χ3v) is 8.48. The summed E-state index contributed by atoms with van der Waals surface area (Å²) in [7, 11) is -1.44. The summed E-state index contributed by atoms with van der Waals surface area (Å²) in [6.45, 7) is 9.20. The van der Waals surface area contributed by atoms with Crippen molar-refractivity contribution in [2.75, 3.05) is 6.61 Å². The van der Waals surface area contributed by atoms with Crippen LogP contribution in [0.4, 0.5) is 4.79 Å². The minimum Gasteiger partial charge on any atom is -0.432 e.